The summed E-state index contributed by atoms with van der Waals surface area (Å²) in [6.07, 6.45) is 4.65. The molecule has 0 unspecified atom stereocenters. The first-order chi connectivity index (χ1) is 20.3. The Balaban J connectivity index is 1.16. The van der Waals surface area contributed by atoms with E-state index in [2.05, 4.69) is 61.7 Å². The second-order valence-electron chi connectivity index (χ2n) is 12.1. The molecule has 6 heteroatoms. The van der Waals surface area contributed by atoms with Gasteiger partial charge in [0.25, 0.3) is 5.91 Å². The summed E-state index contributed by atoms with van der Waals surface area (Å²) in [5, 5.41) is 0. The smallest absolute Gasteiger partial charge is 0.253 e. The first-order valence-corrected chi connectivity index (χ1v) is 15.2. The van der Waals surface area contributed by atoms with Crippen LogP contribution in [-0.2, 0) is 13.0 Å². The zero-order valence-corrected chi connectivity index (χ0v) is 24.7. The summed E-state index contributed by atoms with van der Waals surface area (Å²) in [7, 11) is 0. The van der Waals surface area contributed by atoms with Crippen LogP contribution < -0.4 is 0 Å². The number of benzene rings is 3. The minimum Gasteiger partial charge on any atom is -0.339 e. The third kappa shape index (κ3) is 5.51. The number of aryl methyl sites for hydroxylation is 2. The fourth-order valence-corrected chi connectivity index (χ4v) is 6.83. The van der Waals surface area contributed by atoms with E-state index in [-0.39, 0.29) is 30.6 Å². The molecule has 3 aromatic carbocycles. The molecule has 0 spiro atoms. The molecule has 1 saturated carbocycles. The molecule has 2 heterocycles. The Labute approximate surface area is 247 Å². The van der Waals surface area contributed by atoms with Gasteiger partial charge in [0.05, 0.1) is 11.0 Å². The Hall–Kier alpha value is -3.80. The number of hydrogen-bond donors (Lipinski definition) is 0. The van der Waals surface area contributed by atoms with E-state index in [9.17, 15) is 13.6 Å². The fourth-order valence-electron chi connectivity index (χ4n) is 6.83. The van der Waals surface area contributed by atoms with E-state index < -0.39 is 5.92 Å². The normalized spacial score (nSPS) is 17.9. The average molecular weight is 568 g/mol. The number of aromatic nitrogens is 2. The molecule has 4 nitrogen and oxygen atoms in total. The van der Waals surface area contributed by atoms with E-state index in [1.54, 1.807) is 0 Å². The molecule has 42 heavy (non-hydrogen) atoms. The number of carbonyl (C=O) groups excluding carboxylic acids is 1. The Morgan fingerprint density at radius 3 is 2.45 bits per heavy atom. The maximum Gasteiger partial charge on any atom is 0.253 e. The zero-order chi connectivity index (χ0) is 29.4. The quantitative estimate of drug-likeness (QED) is 0.225. The third-order valence-electron chi connectivity index (χ3n) is 9.15. The molecule has 0 atom stereocenters. The van der Waals surface area contributed by atoms with Crippen LogP contribution in [0.15, 0.2) is 72.8 Å². The summed E-state index contributed by atoms with van der Waals surface area (Å²) >= 11 is 0. The summed E-state index contributed by atoms with van der Waals surface area (Å²) in [5.74, 6) is -1.32. The van der Waals surface area contributed by atoms with Crippen LogP contribution in [0.2, 0.25) is 0 Å². The highest BCUT2D eigenvalue weighted by Gasteiger charge is 2.45. The number of carbonyl (C=O) groups is 1. The Morgan fingerprint density at radius 2 is 1.76 bits per heavy atom. The molecule has 1 amide bonds. The average Bonchev–Trinajstić information content (AvgIpc) is 3.35. The van der Waals surface area contributed by atoms with Crippen molar-refractivity contribution in [2.75, 3.05) is 13.1 Å². The largest absolute Gasteiger partial charge is 0.339 e. The van der Waals surface area contributed by atoms with Crippen molar-refractivity contribution >= 4 is 22.5 Å². The van der Waals surface area contributed by atoms with Crippen molar-refractivity contribution in [2.45, 2.75) is 71.3 Å². The molecule has 6 rings (SSSR count). The molecule has 2 aliphatic rings. The molecule has 1 aliphatic heterocycles. The monoisotopic (exact) mass is 567 g/mol. The number of likely N-dealkylation sites (tertiary alicyclic amines) is 1. The predicted octanol–water partition coefficient (Wildman–Crippen LogP) is 8.42. The van der Waals surface area contributed by atoms with E-state index >= 15 is 0 Å². The van der Waals surface area contributed by atoms with Gasteiger partial charge in [-0.2, -0.15) is 0 Å². The lowest BCUT2D eigenvalue weighted by Gasteiger charge is -2.36. The maximum atomic E-state index is 13.6. The topological polar surface area (TPSA) is 38.1 Å². The maximum absolute atomic E-state index is 13.6. The number of halogens is 2. The number of nitrogens with zero attached hydrogens (tertiary/aromatic N) is 3. The van der Waals surface area contributed by atoms with Gasteiger partial charge in [-0.1, -0.05) is 55.5 Å². The van der Waals surface area contributed by atoms with Crippen LogP contribution in [0.3, 0.4) is 0 Å². The molecular formula is C36H39F2N3O. The first-order valence-electron chi connectivity index (χ1n) is 15.2. The van der Waals surface area contributed by atoms with Crippen LogP contribution in [0.4, 0.5) is 8.78 Å². The van der Waals surface area contributed by atoms with Crippen LogP contribution in [0.1, 0.15) is 83.9 Å². The molecule has 0 radical (unpaired) electrons. The van der Waals surface area contributed by atoms with Crippen LogP contribution in [0, 0.1) is 12.8 Å². The summed E-state index contributed by atoms with van der Waals surface area (Å²) in [6.45, 7) is 8.18. The fraction of sp³-hybridized carbons (Fsp3) is 0.389. The summed E-state index contributed by atoms with van der Waals surface area (Å²) in [4.78, 5) is 20.5. The van der Waals surface area contributed by atoms with E-state index in [1.165, 1.54) is 16.7 Å². The number of allylic oxidation sites excluding steroid dienone is 1. The predicted molar refractivity (Wildman–Crippen MR) is 165 cm³/mol. The third-order valence-corrected chi connectivity index (χ3v) is 9.15. The Bertz CT molecular complexity index is 1640. The minimum atomic E-state index is -2.53. The second-order valence-corrected chi connectivity index (χ2v) is 12.1. The summed E-state index contributed by atoms with van der Waals surface area (Å²) < 4.78 is 29.4. The van der Waals surface area contributed by atoms with Crippen molar-refractivity contribution < 1.29 is 13.6 Å². The molecular weight excluding hydrogens is 528 g/mol. The molecule has 2 fully saturated rings. The van der Waals surface area contributed by atoms with Gasteiger partial charge in [0.1, 0.15) is 5.82 Å². The van der Waals surface area contributed by atoms with Gasteiger partial charge in [0, 0.05) is 44.0 Å². The molecule has 0 N–H and O–H groups in total. The number of amides is 1. The van der Waals surface area contributed by atoms with E-state index in [0.717, 1.165) is 47.2 Å². The van der Waals surface area contributed by atoms with Gasteiger partial charge in [-0.3, -0.25) is 4.79 Å². The van der Waals surface area contributed by atoms with Gasteiger partial charge in [0.2, 0.25) is 5.92 Å². The van der Waals surface area contributed by atoms with Crippen molar-refractivity contribution in [3.63, 3.8) is 0 Å². The highest BCUT2D eigenvalue weighted by molar-refractivity contribution is 5.95. The summed E-state index contributed by atoms with van der Waals surface area (Å²) in [5.41, 5.74) is 8.54. The van der Waals surface area contributed by atoms with Crippen molar-refractivity contribution in [1.82, 2.24) is 14.5 Å². The SMILES string of the molecule is C/C=C(/c1cccc(CC)c1)c1ccc(C(=O)N2CCC(c3nc4ccccc4n3CC3CC(F)(F)C3)CC2)cc1C. The van der Waals surface area contributed by atoms with Gasteiger partial charge >= 0.3 is 0 Å². The Kier molecular flexibility index (Phi) is 7.73. The highest BCUT2D eigenvalue weighted by atomic mass is 19.3. The van der Waals surface area contributed by atoms with Gasteiger partial charge < -0.3 is 9.47 Å². The number of hydrogen-bond acceptors (Lipinski definition) is 2. The molecule has 1 aromatic heterocycles. The van der Waals surface area contributed by atoms with Crippen LogP contribution in [0.5, 0.6) is 0 Å². The number of imidazole rings is 1. The standard InChI is InChI=1S/C36H39F2N3O/c1-4-25-9-8-10-28(20-25)30(5-2)31-14-13-29(19-24(31)3)35(42)40-17-15-27(16-18-40)34-39-32-11-6-7-12-33(32)41(34)23-26-21-36(37,38)22-26/h5-14,19-20,26-27H,4,15-18,21-23H2,1-3H3/b30-5-. The van der Waals surface area contributed by atoms with Gasteiger partial charge in [-0.25, -0.2) is 13.8 Å². The van der Waals surface area contributed by atoms with E-state index in [4.69, 9.17) is 4.98 Å². The first kappa shape index (κ1) is 28.3. The minimum absolute atomic E-state index is 0.0251. The zero-order valence-electron chi connectivity index (χ0n) is 24.7. The number of para-hydroxylation sites is 2. The number of piperidine rings is 1. The second kappa shape index (κ2) is 11.5. The number of alkyl halides is 2. The van der Waals surface area contributed by atoms with Crippen LogP contribution in [-0.4, -0.2) is 39.4 Å². The lowest BCUT2D eigenvalue weighted by Crippen LogP contribution is -2.39. The molecule has 0 bridgehead atoms. The Morgan fingerprint density at radius 1 is 1.00 bits per heavy atom. The van der Waals surface area contributed by atoms with Gasteiger partial charge in [0.15, 0.2) is 0 Å². The number of fused-ring (bicyclic) bond motifs is 1. The lowest BCUT2D eigenvalue weighted by molar-refractivity contribution is -0.114. The van der Waals surface area contributed by atoms with Crippen LogP contribution in [0.25, 0.3) is 16.6 Å². The van der Waals surface area contributed by atoms with Crippen molar-refractivity contribution in [1.29, 1.82) is 0 Å². The van der Waals surface area contributed by atoms with Gasteiger partial charge in [-0.05, 0) is 91.1 Å². The molecule has 218 valence electrons. The van der Waals surface area contributed by atoms with E-state index in [1.807, 2.05) is 41.3 Å². The van der Waals surface area contributed by atoms with Gasteiger partial charge in [-0.15, -0.1) is 0 Å². The van der Waals surface area contributed by atoms with E-state index in [0.29, 0.717) is 25.2 Å². The summed E-state index contributed by atoms with van der Waals surface area (Å²) in [6, 6.07) is 22.7. The molecule has 1 aliphatic carbocycles. The molecule has 1 saturated heterocycles. The lowest BCUT2D eigenvalue weighted by atomic mass is 9.81. The number of rotatable bonds is 7. The van der Waals surface area contributed by atoms with Crippen LogP contribution >= 0.6 is 0 Å². The highest BCUT2D eigenvalue weighted by Crippen LogP contribution is 2.44. The molecule has 4 aromatic rings. The van der Waals surface area contributed by atoms with Crippen molar-refractivity contribution in [2.24, 2.45) is 5.92 Å². The van der Waals surface area contributed by atoms with Crippen molar-refractivity contribution in [3.05, 3.63) is 106 Å². The van der Waals surface area contributed by atoms with Crippen molar-refractivity contribution in [3.8, 4) is 0 Å².